The molecule has 0 amide bonds. The Bertz CT molecular complexity index is 177. The second-order valence-electron chi connectivity index (χ2n) is 3.41. The minimum Gasteiger partial charge on any atom is -0.395 e. The molecule has 0 saturated heterocycles. The van der Waals surface area contributed by atoms with Crippen LogP contribution in [0.5, 0.6) is 0 Å². The molecular formula is C10H19F2NO2. The Labute approximate surface area is 89.1 Å². The number of nitrogens with zero attached hydrogens (tertiary/aromatic N) is 1. The van der Waals surface area contributed by atoms with Crippen LogP contribution >= 0.6 is 0 Å². The summed E-state index contributed by atoms with van der Waals surface area (Å²) >= 11 is 0. The van der Waals surface area contributed by atoms with Gasteiger partial charge in [-0.2, -0.15) is 0 Å². The minimum absolute atomic E-state index is 0.131. The maximum atomic E-state index is 12.1. The smallest absolute Gasteiger partial charge is 0.251 e. The van der Waals surface area contributed by atoms with E-state index in [-0.39, 0.29) is 25.5 Å². The highest BCUT2D eigenvalue weighted by Gasteiger charge is 2.11. The fraction of sp³-hybridized carbons (Fsp3) is 0.900. The van der Waals surface area contributed by atoms with Crippen molar-refractivity contribution in [2.75, 3.05) is 26.2 Å². The number of aliphatic hydroxyl groups excluding tert-OH is 1. The molecule has 0 aromatic carbocycles. The number of ketones is 1. The van der Waals surface area contributed by atoms with Crippen LogP contribution in [0, 0.1) is 0 Å². The number of carbonyl (C=O) groups is 1. The van der Waals surface area contributed by atoms with E-state index in [0.29, 0.717) is 25.8 Å². The highest BCUT2D eigenvalue weighted by molar-refractivity contribution is 5.77. The van der Waals surface area contributed by atoms with Gasteiger partial charge in [0.25, 0.3) is 6.43 Å². The number of carbonyl (C=O) groups excluding carboxylic acids is 1. The normalized spacial score (nSPS) is 11.3. The second kappa shape index (κ2) is 8.73. The Morgan fingerprint density at radius 2 is 2.07 bits per heavy atom. The molecule has 90 valence electrons. The molecule has 0 atom stereocenters. The van der Waals surface area contributed by atoms with Crippen molar-refractivity contribution in [3.8, 4) is 0 Å². The lowest BCUT2D eigenvalue weighted by Crippen LogP contribution is -2.32. The maximum Gasteiger partial charge on any atom is 0.251 e. The SMILES string of the molecule is CCC(=O)CCCN(CCO)CC(F)F. The largest absolute Gasteiger partial charge is 0.395 e. The molecule has 5 heteroatoms. The topological polar surface area (TPSA) is 40.5 Å². The molecule has 0 saturated carbocycles. The lowest BCUT2D eigenvalue weighted by molar-refractivity contribution is -0.118. The van der Waals surface area contributed by atoms with Gasteiger partial charge in [0, 0.05) is 19.4 Å². The van der Waals surface area contributed by atoms with Gasteiger partial charge in [-0.25, -0.2) is 8.78 Å². The first-order valence-corrected chi connectivity index (χ1v) is 5.23. The van der Waals surface area contributed by atoms with Crippen molar-refractivity contribution >= 4 is 5.78 Å². The molecule has 0 bridgehead atoms. The summed E-state index contributed by atoms with van der Waals surface area (Å²) in [5, 5.41) is 8.65. The predicted octanol–water partition coefficient (Wildman–Crippen LogP) is 1.31. The van der Waals surface area contributed by atoms with Crippen molar-refractivity contribution in [2.45, 2.75) is 32.6 Å². The Hall–Kier alpha value is -0.550. The van der Waals surface area contributed by atoms with Crippen molar-refractivity contribution in [3.63, 3.8) is 0 Å². The molecule has 0 radical (unpaired) electrons. The highest BCUT2D eigenvalue weighted by Crippen LogP contribution is 2.02. The molecule has 0 aromatic heterocycles. The number of alkyl halides is 2. The van der Waals surface area contributed by atoms with E-state index < -0.39 is 6.43 Å². The molecule has 0 aliphatic carbocycles. The molecule has 0 unspecified atom stereocenters. The van der Waals surface area contributed by atoms with E-state index in [1.165, 1.54) is 4.90 Å². The van der Waals surface area contributed by atoms with Crippen molar-refractivity contribution in [1.29, 1.82) is 0 Å². The zero-order chi connectivity index (χ0) is 11.7. The monoisotopic (exact) mass is 223 g/mol. The van der Waals surface area contributed by atoms with Gasteiger partial charge in [-0.05, 0) is 13.0 Å². The third kappa shape index (κ3) is 8.44. The second-order valence-corrected chi connectivity index (χ2v) is 3.41. The minimum atomic E-state index is -2.39. The molecule has 0 rings (SSSR count). The van der Waals surface area contributed by atoms with E-state index in [1.54, 1.807) is 6.92 Å². The number of rotatable bonds is 9. The summed E-state index contributed by atoms with van der Waals surface area (Å²) in [5.41, 5.74) is 0. The van der Waals surface area contributed by atoms with Crippen LogP contribution < -0.4 is 0 Å². The molecule has 3 nitrogen and oxygen atoms in total. The van der Waals surface area contributed by atoms with E-state index >= 15 is 0 Å². The van der Waals surface area contributed by atoms with Crippen LogP contribution in [0.2, 0.25) is 0 Å². The summed E-state index contributed by atoms with van der Waals surface area (Å²) in [4.78, 5) is 12.4. The van der Waals surface area contributed by atoms with E-state index in [0.717, 1.165) is 0 Å². The van der Waals surface area contributed by atoms with Crippen LogP contribution in [0.4, 0.5) is 8.78 Å². The third-order valence-electron chi connectivity index (χ3n) is 2.14. The molecular weight excluding hydrogens is 204 g/mol. The molecule has 0 heterocycles. The average molecular weight is 223 g/mol. The number of hydrogen-bond acceptors (Lipinski definition) is 3. The van der Waals surface area contributed by atoms with E-state index in [4.69, 9.17) is 5.11 Å². The van der Waals surface area contributed by atoms with Crippen LogP contribution in [0.15, 0.2) is 0 Å². The number of aliphatic hydroxyl groups is 1. The van der Waals surface area contributed by atoms with Crippen molar-refractivity contribution in [1.82, 2.24) is 4.90 Å². The Morgan fingerprint density at radius 1 is 1.40 bits per heavy atom. The zero-order valence-corrected chi connectivity index (χ0v) is 9.09. The van der Waals surface area contributed by atoms with Gasteiger partial charge in [0.2, 0.25) is 0 Å². The number of halogens is 2. The van der Waals surface area contributed by atoms with Crippen molar-refractivity contribution in [2.24, 2.45) is 0 Å². The zero-order valence-electron chi connectivity index (χ0n) is 9.09. The van der Waals surface area contributed by atoms with Crippen molar-refractivity contribution in [3.05, 3.63) is 0 Å². The summed E-state index contributed by atoms with van der Waals surface area (Å²) in [6, 6.07) is 0. The van der Waals surface area contributed by atoms with Gasteiger partial charge in [0.05, 0.1) is 13.2 Å². The van der Waals surface area contributed by atoms with Gasteiger partial charge < -0.3 is 5.11 Å². The number of Topliss-reactive ketones (excluding diaryl/α,β-unsaturated/α-hetero) is 1. The van der Waals surface area contributed by atoms with E-state index in [9.17, 15) is 13.6 Å². The first-order valence-electron chi connectivity index (χ1n) is 5.23. The molecule has 0 aliphatic heterocycles. The maximum absolute atomic E-state index is 12.1. The molecule has 0 aliphatic rings. The summed E-state index contributed by atoms with van der Waals surface area (Å²) in [7, 11) is 0. The molecule has 1 N–H and O–H groups in total. The Morgan fingerprint density at radius 3 is 2.53 bits per heavy atom. The fourth-order valence-electron chi connectivity index (χ4n) is 1.31. The van der Waals surface area contributed by atoms with Gasteiger partial charge in [-0.1, -0.05) is 6.92 Å². The van der Waals surface area contributed by atoms with Gasteiger partial charge in [0.1, 0.15) is 5.78 Å². The third-order valence-corrected chi connectivity index (χ3v) is 2.14. The van der Waals surface area contributed by atoms with Gasteiger partial charge >= 0.3 is 0 Å². The van der Waals surface area contributed by atoms with Crippen LogP contribution in [0.3, 0.4) is 0 Å². The first kappa shape index (κ1) is 14.5. The van der Waals surface area contributed by atoms with Gasteiger partial charge in [0.15, 0.2) is 0 Å². The Balaban J connectivity index is 3.70. The standard InChI is InChI=1S/C10H19F2NO2/c1-2-9(15)4-3-5-13(6-7-14)8-10(11)12/h10,14H,2-8H2,1H3. The lowest BCUT2D eigenvalue weighted by Gasteiger charge is -2.20. The quantitative estimate of drug-likeness (QED) is 0.640. The molecule has 0 aromatic rings. The van der Waals surface area contributed by atoms with Gasteiger partial charge in [-0.3, -0.25) is 9.69 Å². The van der Waals surface area contributed by atoms with Crippen LogP contribution in [-0.2, 0) is 4.79 Å². The Kier molecular flexibility index (Phi) is 8.41. The van der Waals surface area contributed by atoms with Crippen molar-refractivity contribution < 1.29 is 18.7 Å². The average Bonchev–Trinajstić information content (AvgIpc) is 2.16. The molecule has 0 fully saturated rings. The number of hydrogen-bond donors (Lipinski definition) is 1. The summed E-state index contributed by atoms with van der Waals surface area (Å²) in [6.45, 7) is 2.00. The molecule has 0 spiro atoms. The van der Waals surface area contributed by atoms with E-state index in [2.05, 4.69) is 0 Å². The summed E-state index contributed by atoms with van der Waals surface area (Å²) in [6.07, 6.45) is -0.881. The first-order chi connectivity index (χ1) is 7.10. The summed E-state index contributed by atoms with van der Waals surface area (Å²) < 4.78 is 24.1. The van der Waals surface area contributed by atoms with Crippen LogP contribution in [0.1, 0.15) is 26.2 Å². The fourth-order valence-corrected chi connectivity index (χ4v) is 1.31. The van der Waals surface area contributed by atoms with Crippen LogP contribution in [-0.4, -0.2) is 48.5 Å². The van der Waals surface area contributed by atoms with Crippen LogP contribution in [0.25, 0.3) is 0 Å². The highest BCUT2D eigenvalue weighted by atomic mass is 19.3. The molecule has 15 heavy (non-hydrogen) atoms. The predicted molar refractivity (Wildman–Crippen MR) is 54.1 cm³/mol. The summed E-state index contributed by atoms with van der Waals surface area (Å²) in [5.74, 6) is 0.149. The van der Waals surface area contributed by atoms with Gasteiger partial charge in [-0.15, -0.1) is 0 Å². The van der Waals surface area contributed by atoms with E-state index in [1.807, 2.05) is 0 Å². The lowest BCUT2D eigenvalue weighted by atomic mass is 10.2.